The largest absolute Gasteiger partial charge is 0.399 e. The number of anilines is 1. The molecule has 2 nitrogen and oxygen atoms in total. The lowest BCUT2D eigenvalue weighted by molar-refractivity contribution is 0.323. The van der Waals surface area contributed by atoms with E-state index in [-0.39, 0.29) is 5.38 Å². The van der Waals surface area contributed by atoms with Crippen molar-refractivity contribution in [1.29, 1.82) is 0 Å². The fourth-order valence-corrected chi connectivity index (χ4v) is 3.74. The summed E-state index contributed by atoms with van der Waals surface area (Å²) in [5, 5.41) is 0.126. The van der Waals surface area contributed by atoms with Crippen LogP contribution in [0.3, 0.4) is 0 Å². The van der Waals surface area contributed by atoms with E-state index in [1.54, 1.807) is 0 Å². The van der Waals surface area contributed by atoms with Crippen molar-refractivity contribution in [3.8, 4) is 0 Å². The van der Waals surface area contributed by atoms with E-state index in [1.807, 2.05) is 12.1 Å². The lowest BCUT2D eigenvalue weighted by atomic mass is 9.77. The number of hydrogen-bond acceptors (Lipinski definition) is 2. The maximum atomic E-state index is 6.40. The van der Waals surface area contributed by atoms with E-state index in [0.717, 1.165) is 25.2 Å². The van der Waals surface area contributed by atoms with E-state index in [9.17, 15) is 0 Å². The van der Waals surface area contributed by atoms with Gasteiger partial charge in [-0.1, -0.05) is 23.8 Å². The Labute approximate surface area is 125 Å². The Balaban J connectivity index is 2.05. The molecule has 3 heteroatoms. The second kappa shape index (κ2) is 5.27. The normalized spacial score (nSPS) is 27.2. The molecule has 0 radical (unpaired) electrons. The topological polar surface area (TPSA) is 29.3 Å². The van der Waals surface area contributed by atoms with Crippen molar-refractivity contribution in [1.82, 2.24) is 4.90 Å². The molecule has 1 saturated heterocycles. The van der Waals surface area contributed by atoms with E-state index in [4.69, 9.17) is 17.3 Å². The molecule has 1 aliphatic carbocycles. The highest BCUT2D eigenvalue weighted by atomic mass is 35.5. The van der Waals surface area contributed by atoms with Crippen LogP contribution in [0.15, 0.2) is 47.1 Å². The third-order valence-corrected chi connectivity index (χ3v) is 4.62. The summed E-state index contributed by atoms with van der Waals surface area (Å²) in [4.78, 5) is 2.39. The average Bonchev–Trinajstić information content (AvgIpc) is 2.39. The summed E-state index contributed by atoms with van der Waals surface area (Å²) in [6.07, 6.45) is 3.22. The van der Waals surface area contributed by atoms with Crippen molar-refractivity contribution < 1.29 is 0 Å². The van der Waals surface area contributed by atoms with Gasteiger partial charge in [-0.05, 0) is 49.2 Å². The van der Waals surface area contributed by atoms with Gasteiger partial charge in [0.15, 0.2) is 0 Å². The highest BCUT2D eigenvalue weighted by Crippen LogP contribution is 2.41. The van der Waals surface area contributed by atoms with Crippen molar-refractivity contribution in [2.24, 2.45) is 0 Å². The van der Waals surface area contributed by atoms with Crippen LogP contribution in [0.2, 0.25) is 0 Å². The van der Waals surface area contributed by atoms with Gasteiger partial charge in [-0.25, -0.2) is 0 Å². The maximum Gasteiger partial charge on any atom is 0.0559 e. The van der Waals surface area contributed by atoms with Gasteiger partial charge in [0.05, 0.1) is 5.38 Å². The third kappa shape index (κ3) is 2.50. The molecule has 2 aliphatic rings. The number of alkyl halides is 1. The second-order valence-electron chi connectivity index (χ2n) is 6.02. The van der Waals surface area contributed by atoms with E-state index in [1.165, 1.54) is 22.3 Å². The molecule has 2 N–H and O–H groups in total. The average molecular weight is 289 g/mol. The monoisotopic (exact) mass is 288 g/mol. The molecule has 0 amide bonds. The Hall–Kier alpha value is -1.25. The van der Waals surface area contributed by atoms with Crippen LogP contribution in [0, 0.1) is 0 Å². The minimum Gasteiger partial charge on any atom is -0.399 e. The number of nitrogens with two attached hydrogens (primary N) is 1. The van der Waals surface area contributed by atoms with Gasteiger partial charge in [-0.15, -0.1) is 11.6 Å². The van der Waals surface area contributed by atoms with Crippen LogP contribution in [0.5, 0.6) is 0 Å². The SMILES string of the molecule is CC1=C2CN(C)CC(c3cccc(N)c3)C2=CC(Cl)C1. The summed E-state index contributed by atoms with van der Waals surface area (Å²) in [7, 11) is 2.18. The number of allylic oxidation sites excluding steroid dienone is 2. The van der Waals surface area contributed by atoms with Gasteiger partial charge in [0, 0.05) is 24.7 Å². The van der Waals surface area contributed by atoms with Gasteiger partial charge in [-0.2, -0.15) is 0 Å². The maximum absolute atomic E-state index is 6.40. The highest BCUT2D eigenvalue weighted by Gasteiger charge is 2.31. The van der Waals surface area contributed by atoms with Gasteiger partial charge in [0.2, 0.25) is 0 Å². The summed E-state index contributed by atoms with van der Waals surface area (Å²) in [5.74, 6) is 0.378. The molecule has 1 heterocycles. The number of halogens is 1. The first-order valence-electron chi connectivity index (χ1n) is 7.13. The quantitative estimate of drug-likeness (QED) is 0.632. The van der Waals surface area contributed by atoms with Crippen LogP contribution in [-0.2, 0) is 0 Å². The predicted molar refractivity (Wildman–Crippen MR) is 86.1 cm³/mol. The Morgan fingerprint density at radius 1 is 1.35 bits per heavy atom. The van der Waals surface area contributed by atoms with Crippen LogP contribution in [0.1, 0.15) is 24.8 Å². The molecule has 0 bridgehead atoms. The number of piperidine rings is 1. The summed E-state index contributed by atoms with van der Waals surface area (Å²) in [5.41, 5.74) is 12.4. The zero-order valence-electron chi connectivity index (χ0n) is 12.1. The molecule has 1 aromatic rings. The number of benzene rings is 1. The first-order valence-corrected chi connectivity index (χ1v) is 7.57. The predicted octanol–water partition coefficient (Wildman–Crippen LogP) is 3.55. The van der Waals surface area contributed by atoms with Crippen molar-refractivity contribution >= 4 is 17.3 Å². The molecule has 0 saturated carbocycles. The number of rotatable bonds is 1. The van der Waals surface area contributed by atoms with Crippen molar-refractivity contribution in [3.63, 3.8) is 0 Å². The number of fused-ring (bicyclic) bond motifs is 1. The summed E-state index contributed by atoms with van der Waals surface area (Å²) in [6.45, 7) is 4.27. The molecule has 3 rings (SSSR count). The first kappa shape index (κ1) is 13.7. The lowest BCUT2D eigenvalue weighted by Crippen LogP contribution is -2.36. The van der Waals surface area contributed by atoms with Crippen LogP contribution < -0.4 is 5.73 Å². The molecule has 1 aliphatic heterocycles. The van der Waals surface area contributed by atoms with E-state index in [2.05, 4.69) is 37.1 Å². The summed E-state index contributed by atoms with van der Waals surface area (Å²) in [6, 6.07) is 8.25. The number of nitrogen functional groups attached to an aromatic ring is 1. The Kier molecular flexibility index (Phi) is 3.61. The van der Waals surface area contributed by atoms with Crippen molar-refractivity contribution in [3.05, 3.63) is 52.6 Å². The van der Waals surface area contributed by atoms with E-state index < -0.39 is 0 Å². The molecular weight excluding hydrogens is 268 g/mol. The Morgan fingerprint density at radius 3 is 2.90 bits per heavy atom. The molecule has 2 atom stereocenters. The number of likely N-dealkylation sites (tertiary alicyclic amines) is 1. The van der Waals surface area contributed by atoms with E-state index >= 15 is 0 Å². The summed E-state index contributed by atoms with van der Waals surface area (Å²) >= 11 is 6.40. The zero-order chi connectivity index (χ0) is 14.3. The number of hydrogen-bond donors (Lipinski definition) is 1. The van der Waals surface area contributed by atoms with Crippen LogP contribution in [-0.4, -0.2) is 30.4 Å². The Bertz CT molecular complexity index is 588. The molecule has 1 fully saturated rings. The highest BCUT2D eigenvalue weighted by molar-refractivity contribution is 6.22. The van der Waals surface area contributed by atoms with Crippen LogP contribution in [0.25, 0.3) is 0 Å². The second-order valence-corrected chi connectivity index (χ2v) is 6.58. The molecule has 106 valence electrons. The third-order valence-electron chi connectivity index (χ3n) is 4.34. The molecule has 1 aromatic carbocycles. The Morgan fingerprint density at radius 2 is 2.15 bits per heavy atom. The standard InChI is InChI=1S/C17H21ClN2/c1-11-6-13(18)8-15-16(11)9-20(2)10-17(15)12-4-3-5-14(19)7-12/h3-5,7-8,13,17H,6,9-10,19H2,1-2H3. The van der Waals surface area contributed by atoms with Gasteiger partial charge < -0.3 is 10.6 Å². The minimum atomic E-state index is 0.126. The molecule has 2 unspecified atom stereocenters. The zero-order valence-corrected chi connectivity index (χ0v) is 12.8. The van der Waals surface area contributed by atoms with E-state index in [0.29, 0.717) is 5.92 Å². The lowest BCUT2D eigenvalue weighted by Gasteiger charge is -2.38. The fourth-order valence-electron chi connectivity index (χ4n) is 3.37. The number of likely N-dealkylation sites (N-methyl/N-ethyl adjacent to an activating group) is 1. The van der Waals surface area contributed by atoms with Crippen molar-refractivity contribution in [2.45, 2.75) is 24.6 Å². The van der Waals surface area contributed by atoms with Gasteiger partial charge >= 0.3 is 0 Å². The smallest absolute Gasteiger partial charge is 0.0559 e. The minimum absolute atomic E-state index is 0.126. The first-order chi connectivity index (χ1) is 9.54. The summed E-state index contributed by atoms with van der Waals surface area (Å²) < 4.78 is 0. The molecule has 0 spiro atoms. The van der Waals surface area contributed by atoms with Crippen molar-refractivity contribution in [2.75, 3.05) is 25.9 Å². The molecule has 20 heavy (non-hydrogen) atoms. The fraction of sp³-hybridized carbons (Fsp3) is 0.412. The van der Waals surface area contributed by atoms with Gasteiger partial charge in [-0.3, -0.25) is 0 Å². The molecular formula is C17H21ClN2. The number of nitrogens with zero attached hydrogens (tertiary/aromatic N) is 1. The van der Waals surface area contributed by atoms with Gasteiger partial charge in [0.25, 0.3) is 0 Å². The van der Waals surface area contributed by atoms with Crippen LogP contribution >= 0.6 is 11.6 Å². The van der Waals surface area contributed by atoms with Crippen LogP contribution in [0.4, 0.5) is 5.69 Å². The molecule has 0 aromatic heterocycles. The van der Waals surface area contributed by atoms with Gasteiger partial charge in [0.1, 0.15) is 0 Å².